The second-order valence-corrected chi connectivity index (χ2v) is 7.26. The first-order chi connectivity index (χ1) is 13.0. The second kappa shape index (κ2) is 6.81. The first kappa shape index (κ1) is 17.2. The zero-order valence-corrected chi connectivity index (χ0v) is 15.3. The van der Waals surface area contributed by atoms with Crippen LogP contribution in [0.2, 0.25) is 0 Å². The number of carbonyl (C=O) groups excluding carboxylic acids is 3. The molecule has 4 amide bonds. The van der Waals surface area contributed by atoms with E-state index < -0.39 is 0 Å². The van der Waals surface area contributed by atoms with Crippen molar-refractivity contribution in [3.63, 3.8) is 0 Å². The van der Waals surface area contributed by atoms with E-state index in [1.807, 2.05) is 31.2 Å². The van der Waals surface area contributed by atoms with Crippen molar-refractivity contribution in [3.8, 4) is 0 Å². The maximum Gasteiger partial charge on any atom is 0.323 e. The standard InChI is InChI=1S/C19H16N4O3S/c1-11-2-4-12(5-3-11)20-18(26)21-13-6-7-14-15(10-13)27-19(22-14)23-16(24)8-9-17(23)25/h2-7,10H,8-9H2,1H3,(H2,20,21,26). The van der Waals surface area contributed by atoms with Gasteiger partial charge in [0.2, 0.25) is 11.8 Å². The number of benzene rings is 2. The van der Waals surface area contributed by atoms with Gasteiger partial charge in [0.15, 0.2) is 5.13 Å². The molecule has 2 N–H and O–H groups in total. The number of carbonyl (C=O) groups is 3. The number of aryl methyl sites for hydroxylation is 1. The summed E-state index contributed by atoms with van der Waals surface area (Å²) in [6.45, 7) is 1.98. The Balaban J connectivity index is 1.51. The lowest BCUT2D eigenvalue weighted by atomic mass is 10.2. The lowest BCUT2D eigenvalue weighted by Crippen LogP contribution is -2.28. The van der Waals surface area contributed by atoms with E-state index in [9.17, 15) is 14.4 Å². The molecule has 0 atom stereocenters. The van der Waals surface area contributed by atoms with E-state index in [4.69, 9.17) is 0 Å². The van der Waals surface area contributed by atoms with Crippen molar-refractivity contribution in [3.05, 3.63) is 48.0 Å². The van der Waals surface area contributed by atoms with Crippen LogP contribution in [0, 0.1) is 6.92 Å². The molecule has 3 aromatic rings. The van der Waals surface area contributed by atoms with E-state index in [2.05, 4.69) is 15.6 Å². The van der Waals surface area contributed by atoms with Gasteiger partial charge in [-0.1, -0.05) is 29.0 Å². The summed E-state index contributed by atoms with van der Waals surface area (Å²) in [5.74, 6) is -0.454. The number of hydrogen-bond donors (Lipinski definition) is 2. The molecule has 0 saturated carbocycles. The number of anilines is 3. The summed E-state index contributed by atoms with van der Waals surface area (Å²) in [5.41, 5.74) is 3.08. The van der Waals surface area contributed by atoms with Crippen molar-refractivity contribution in [1.82, 2.24) is 4.98 Å². The number of nitrogens with one attached hydrogen (secondary N) is 2. The Labute approximate surface area is 159 Å². The van der Waals surface area contributed by atoms with Crippen LogP contribution < -0.4 is 15.5 Å². The van der Waals surface area contributed by atoms with Gasteiger partial charge < -0.3 is 10.6 Å². The molecule has 0 unspecified atom stereocenters. The van der Waals surface area contributed by atoms with Crippen LogP contribution >= 0.6 is 11.3 Å². The molecule has 0 bridgehead atoms. The van der Waals surface area contributed by atoms with Crippen molar-refractivity contribution >= 4 is 55.9 Å². The van der Waals surface area contributed by atoms with Crippen molar-refractivity contribution in [2.75, 3.05) is 15.5 Å². The summed E-state index contributed by atoms with van der Waals surface area (Å²) < 4.78 is 0.783. The van der Waals surface area contributed by atoms with Crippen molar-refractivity contribution in [1.29, 1.82) is 0 Å². The maximum atomic E-state index is 12.2. The minimum Gasteiger partial charge on any atom is -0.308 e. The Morgan fingerprint density at radius 1 is 1.00 bits per heavy atom. The van der Waals surface area contributed by atoms with Gasteiger partial charge in [-0.2, -0.15) is 0 Å². The van der Waals surface area contributed by atoms with Crippen molar-refractivity contribution in [2.24, 2.45) is 0 Å². The maximum absolute atomic E-state index is 12.2. The van der Waals surface area contributed by atoms with Crippen LogP contribution in [-0.4, -0.2) is 22.8 Å². The fourth-order valence-corrected chi connectivity index (χ4v) is 3.85. The van der Waals surface area contributed by atoms with Gasteiger partial charge in [0.25, 0.3) is 0 Å². The molecular weight excluding hydrogens is 364 g/mol. The highest BCUT2D eigenvalue weighted by atomic mass is 32.1. The van der Waals surface area contributed by atoms with Gasteiger partial charge in [0, 0.05) is 24.2 Å². The van der Waals surface area contributed by atoms with Gasteiger partial charge in [-0.25, -0.2) is 14.7 Å². The highest BCUT2D eigenvalue weighted by molar-refractivity contribution is 7.22. The van der Waals surface area contributed by atoms with Crippen molar-refractivity contribution < 1.29 is 14.4 Å². The molecule has 0 spiro atoms. The van der Waals surface area contributed by atoms with Crippen LogP contribution in [0.25, 0.3) is 10.2 Å². The number of amides is 4. The van der Waals surface area contributed by atoms with Gasteiger partial charge in [-0.3, -0.25) is 9.59 Å². The number of imide groups is 1. The molecule has 1 aliphatic heterocycles. The summed E-state index contributed by atoms with van der Waals surface area (Å²) in [4.78, 5) is 41.4. The number of urea groups is 1. The number of thiazole rings is 1. The molecule has 8 heteroatoms. The van der Waals surface area contributed by atoms with Crippen LogP contribution in [0.3, 0.4) is 0 Å². The Bertz CT molecular complexity index is 1040. The summed E-state index contributed by atoms with van der Waals surface area (Å²) in [6, 6.07) is 12.4. The molecule has 27 heavy (non-hydrogen) atoms. The third kappa shape index (κ3) is 3.52. The fourth-order valence-electron chi connectivity index (χ4n) is 2.81. The first-order valence-electron chi connectivity index (χ1n) is 8.41. The molecule has 4 rings (SSSR count). The smallest absolute Gasteiger partial charge is 0.308 e. The third-order valence-electron chi connectivity index (χ3n) is 4.19. The molecule has 1 saturated heterocycles. The summed E-state index contributed by atoms with van der Waals surface area (Å²) >= 11 is 1.25. The number of aromatic nitrogens is 1. The number of fused-ring (bicyclic) bond motifs is 1. The van der Waals surface area contributed by atoms with E-state index in [1.165, 1.54) is 11.3 Å². The zero-order chi connectivity index (χ0) is 19.0. The monoisotopic (exact) mass is 380 g/mol. The minimum absolute atomic E-state index is 0.223. The molecule has 7 nitrogen and oxygen atoms in total. The van der Waals surface area contributed by atoms with E-state index in [-0.39, 0.29) is 30.7 Å². The van der Waals surface area contributed by atoms with Gasteiger partial charge in [0.05, 0.1) is 10.2 Å². The topological polar surface area (TPSA) is 91.4 Å². The summed E-state index contributed by atoms with van der Waals surface area (Å²) in [5, 5.41) is 5.92. The number of nitrogens with zero attached hydrogens (tertiary/aromatic N) is 2. The molecular formula is C19H16N4O3S. The van der Waals surface area contributed by atoms with E-state index in [1.54, 1.807) is 18.2 Å². The first-order valence-corrected chi connectivity index (χ1v) is 9.22. The molecule has 2 aromatic carbocycles. The van der Waals surface area contributed by atoms with E-state index in [0.717, 1.165) is 15.2 Å². The number of hydrogen-bond acceptors (Lipinski definition) is 5. The molecule has 2 heterocycles. The Hall–Kier alpha value is -3.26. The van der Waals surface area contributed by atoms with Gasteiger partial charge in [0.1, 0.15) is 0 Å². The SMILES string of the molecule is Cc1ccc(NC(=O)Nc2ccc3nc(N4C(=O)CCC4=O)sc3c2)cc1. The van der Waals surface area contributed by atoms with Crippen molar-refractivity contribution in [2.45, 2.75) is 19.8 Å². The average Bonchev–Trinajstić information content (AvgIpc) is 3.19. The number of rotatable bonds is 3. The van der Waals surface area contributed by atoms with E-state index >= 15 is 0 Å². The third-order valence-corrected chi connectivity index (χ3v) is 5.19. The van der Waals surface area contributed by atoms with Crippen LogP contribution in [0.15, 0.2) is 42.5 Å². The largest absolute Gasteiger partial charge is 0.323 e. The Morgan fingerprint density at radius 3 is 2.33 bits per heavy atom. The lowest BCUT2D eigenvalue weighted by molar-refractivity contribution is -0.121. The van der Waals surface area contributed by atoms with E-state index in [0.29, 0.717) is 22.0 Å². The quantitative estimate of drug-likeness (QED) is 0.674. The summed E-state index contributed by atoms with van der Waals surface area (Å²) in [7, 11) is 0. The normalized spacial score (nSPS) is 14.0. The molecule has 0 radical (unpaired) electrons. The van der Waals surface area contributed by atoms with Gasteiger partial charge in [-0.15, -0.1) is 0 Å². The molecule has 0 aliphatic carbocycles. The molecule has 1 aromatic heterocycles. The highest BCUT2D eigenvalue weighted by Crippen LogP contribution is 2.33. The summed E-state index contributed by atoms with van der Waals surface area (Å²) in [6.07, 6.45) is 0.446. The zero-order valence-electron chi connectivity index (χ0n) is 14.5. The fraction of sp³-hybridized carbons (Fsp3) is 0.158. The Kier molecular flexibility index (Phi) is 4.33. The average molecular weight is 380 g/mol. The predicted molar refractivity (Wildman–Crippen MR) is 105 cm³/mol. The molecule has 1 aliphatic rings. The predicted octanol–water partition coefficient (Wildman–Crippen LogP) is 3.90. The highest BCUT2D eigenvalue weighted by Gasteiger charge is 2.32. The lowest BCUT2D eigenvalue weighted by Gasteiger charge is -2.08. The van der Waals surface area contributed by atoms with Gasteiger partial charge >= 0.3 is 6.03 Å². The molecule has 1 fully saturated rings. The second-order valence-electron chi connectivity index (χ2n) is 6.25. The Morgan fingerprint density at radius 2 is 1.63 bits per heavy atom. The van der Waals surface area contributed by atoms with Crippen LogP contribution in [0.1, 0.15) is 18.4 Å². The minimum atomic E-state index is -0.354. The van der Waals surface area contributed by atoms with Crippen LogP contribution in [0.5, 0.6) is 0 Å². The van der Waals surface area contributed by atoms with Crippen LogP contribution in [-0.2, 0) is 9.59 Å². The molecule has 136 valence electrons. The van der Waals surface area contributed by atoms with Crippen LogP contribution in [0.4, 0.5) is 21.3 Å². The van der Waals surface area contributed by atoms with Gasteiger partial charge in [-0.05, 0) is 37.3 Å².